The highest BCUT2D eigenvalue weighted by Gasteiger charge is 2.52. The molecule has 4 saturated carbocycles. The third kappa shape index (κ3) is 3.82. The summed E-state index contributed by atoms with van der Waals surface area (Å²) in [6, 6.07) is 7.57. The van der Waals surface area contributed by atoms with Crippen LogP contribution in [0.15, 0.2) is 24.3 Å². The van der Waals surface area contributed by atoms with Gasteiger partial charge >= 0.3 is 0 Å². The Balaban J connectivity index is 1.35. The molecule has 2 atom stereocenters. The molecular formula is C23H34N3O2+. The molecule has 5 nitrogen and oxygen atoms in total. The first kappa shape index (κ1) is 19.4. The Bertz CT molecular complexity index is 707. The maximum absolute atomic E-state index is 13.1. The smallest absolute Gasteiger partial charge is 0.278 e. The molecule has 4 aliphatic rings. The standard InChI is InChI=1S/C23H33N3O2/c1-15(26(3)14-16-4-6-20(7-5-16)22(28)24-2)21(27)25-23-11-17-8-18(12-23)10-19(9-17)13-23/h4-7,15,17-19H,8-14H2,1-3H3,(H,24,28)(H,25,27)/p+1/t15-,17?,18?,19?,23?/m1/s1. The average molecular weight is 385 g/mol. The summed E-state index contributed by atoms with van der Waals surface area (Å²) in [5, 5.41) is 6.15. The Hall–Kier alpha value is -1.88. The van der Waals surface area contributed by atoms with E-state index >= 15 is 0 Å². The number of rotatable bonds is 6. The van der Waals surface area contributed by atoms with Crippen LogP contribution in [0.2, 0.25) is 0 Å². The molecule has 1 unspecified atom stereocenters. The van der Waals surface area contributed by atoms with Crippen LogP contribution in [0.25, 0.3) is 0 Å². The van der Waals surface area contributed by atoms with Crippen LogP contribution in [0.3, 0.4) is 0 Å². The highest BCUT2D eigenvalue weighted by molar-refractivity contribution is 5.93. The van der Waals surface area contributed by atoms with Crippen molar-refractivity contribution in [2.24, 2.45) is 17.8 Å². The molecule has 5 heteroatoms. The van der Waals surface area contributed by atoms with Gasteiger partial charge in [0.2, 0.25) is 0 Å². The molecule has 0 spiro atoms. The summed E-state index contributed by atoms with van der Waals surface area (Å²) in [5.41, 5.74) is 1.88. The second-order valence-corrected chi connectivity index (χ2v) is 9.71. The van der Waals surface area contributed by atoms with Crippen LogP contribution >= 0.6 is 0 Å². The van der Waals surface area contributed by atoms with E-state index in [0.29, 0.717) is 5.56 Å². The Morgan fingerprint density at radius 2 is 1.61 bits per heavy atom. The number of hydrogen-bond donors (Lipinski definition) is 3. The number of carbonyl (C=O) groups excluding carboxylic acids is 2. The van der Waals surface area contributed by atoms with Gasteiger partial charge in [0.15, 0.2) is 6.04 Å². The summed E-state index contributed by atoms with van der Waals surface area (Å²) in [6.45, 7) is 2.80. The maximum Gasteiger partial charge on any atom is 0.278 e. The summed E-state index contributed by atoms with van der Waals surface area (Å²) >= 11 is 0. The fraction of sp³-hybridized carbons (Fsp3) is 0.652. The summed E-state index contributed by atoms with van der Waals surface area (Å²) in [6.07, 6.45) is 7.75. The lowest BCUT2D eigenvalue weighted by molar-refractivity contribution is -0.908. The fourth-order valence-corrected chi connectivity index (χ4v) is 6.25. The van der Waals surface area contributed by atoms with Gasteiger partial charge < -0.3 is 15.5 Å². The first-order valence-corrected chi connectivity index (χ1v) is 10.8. The van der Waals surface area contributed by atoms with E-state index in [0.717, 1.165) is 29.9 Å². The molecule has 1 aromatic carbocycles. The number of benzene rings is 1. The molecule has 5 rings (SSSR count). The summed E-state index contributed by atoms with van der Waals surface area (Å²) in [5.74, 6) is 2.64. The number of likely N-dealkylation sites (N-methyl/N-ethyl adjacent to an activating group) is 1. The zero-order valence-electron chi connectivity index (χ0n) is 17.4. The SMILES string of the molecule is CNC(=O)c1ccc(C[NH+](C)[C@H](C)C(=O)NC23CC4CC(CC(C4)C2)C3)cc1. The van der Waals surface area contributed by atoms with E-state index in [1.807, 2.05) is 31.2 Å². The molecule has 3 N–H and O–H groups in total. The lowest BCUT2D eigenvalue weighted by Gasteiger charge is -2.57. The summed E-state index contributed by atoms with van der Waals surface area (Å²) in [7, 11) is 3.72. The molecule has 0 heterocycles. The Labute approximate surface area is 168 Å². The van der Waals surface area contributed by atoms with Gasteiger partial charge in [-0.2, -0.15) is 0 Å². The van der Waals surface area contributed by atoms with Crippen molar-refractivity contribution in [3.8, 4) is 0 Å². The lowest BCUT2D eigenvalue weighted by atomic mass is 9.53. The van der Waals surface area contributed by atoms with Crippen molar-refractivity contribution in [3.63, 3.8) is 0 Å². The second-order valence-electron chi connectivity index (χ2n) is 9.71. The Morgan fingerprint density at radius 1 is 1.07 bits per heavy atom. The second kappa shape index (κ2) is 7.51. The van der Waals surface area contributed by atoms with Crippen molar-refractivity contribution in [1.29, 1.82) is 0 Å². The largest absolute Gasteiger partial charge is 0.355 e. The predicted octanol–water partition coefficient (Wildman–Crippen LogP) is 1.53. The van der Waals surface area contributed by atoms with Gasteiger partial charge in [-0.3, -0.25) is 9.59 Å². The van der Waals surface area contributed by atoms with Crippen LogP contribution < -0.4 is 15.5 Å². The van der Waals surface area contributed by atoms with Gasteiger partial charge in [0.25, 0.3) is 11.8 Å². The van der Waals surface area contributed by atoms with E-state index in [4.69, 9.17) is 0 Å². The average Bonchev–Trinajstić information content (AvgIpc) is 2.65. The molecule has 28 heavy (non-hydrogen) atoms. The van der Waals surface area contributed by atoms with Gasteiger partial charge in [-0.05, 0) is 75.3 Å². The Morgan fingerprint density at radius 3 is 2.11 bits per heavy atom. The van der Waals surface area contributed by atoms with Crippen LogP contribution in [0.1, 0.15) is 61.4 Å². The van der Waals surface area contributed by atoms with E-state index in [9.17, 15) is 9.59 Å². The molecule has 2 amide bonds. The summed E-state index contributed by atoms with van der Waals surface area (Å²) < 4.78 is 0. The molecular weight excluding hydrogens is 350 g/mol. The van der Waals surface area contributed by atoms with E-state index in [2.05, 4.69) is 17.7 Å². The van der Waals surface area contributed by atoms with Gasteiger partial charge in [0.1, 0.15) is 6.54 Å². The number of hydrogen-bond acceptors (Lipinski definition) is 2. The van der Waals surface area contributed by atoms with Crippen LogP contribution in [-0.4, -0.2) is 37.5 Å². The normalized spacial score (nSPS) is 32.6. The number of carbonyl (C=O) groups is 2. The van der Waals surface area contributed by atoms with Crippen molar-refractivity contribution < 1.29 is 14.5 Å². The maximum atomic E-state index is 13.1. The highest BCUT2D eigenvalue weighted by Crippen LogP contribution is 2.55. The molecule has 0 aliphatic heterocycles. The quantitative estimate of drug-likeness (QED) is 0.697. The molecule has 152 valence electrons. The van der Waals surface area contributed by atoms with Crippen molar-refractivity contribution in [3.05, 3.63) is 35.4 Å². The minimum Gasteiger partial charge on any atom is -0.355 e. The zero-order chi connectivity index (χ0) is 19.9. The topological polar surface area (TPSA) is 62.6 Å². The van der Waals surface area contributed by atoms with Gasteiger partial charge in [0.05, 0.1) is 7.05 Å². The molecule has 0 saturated heterocycles. The van der Waals surface area contributed by atoms with Crippen molar-refractivity contribution in [2.45, 2.75) is 63.6 Å². The van der Waals surface area contributed by atoms with Gasteiger partial charge in [-0.25, -0.2) is 0 Å². The van der Waals surface area contributed by atoms with Crippen LogP contribution in [-0.2, 0) is 11.3 Å². The predicted molar refractivity (Wildman–Crippen MR) is 109 cm³/mol. The molecule has 4 bridgehead atoms. The lowest BCUT2D eigenvalue weighted by Crippen LogP contribution is -3.12. The third-order valence-corrected chi connectivity index (χ3v) is 7.49. The van der Waals surface area contributed by atoms with Crippen molar-refractivity contribution >= 4 is 11.8 Å². The number of quaternary nitrogens is 1. The minimum absolute atomic E-state index is 0.0735. The summed E-state index contributed by atoms with van der Waals surface area (Å²) in [4.78, 5) is 25.9. The van der Waals surface area contributed by atoms with Crippen LogP contribution in [0.5, 0.6) is 0 Å². The highest BCUT2D eigenvalue weighted by atomic mass is 16.2. The molecule has 1 aromatic rings. The zero-order valence-corrected chi connectivity index (χ0v) is 17.4. The van der Waals surface area contributed by atoms with Crippen molar-refractivity contribution in [1.82, 2.24) is 10.6 Å². The molecule has 0 radical (unpaired) electrons. The molecule has 4 aliphatic carbocycles. The van der Waals surface area contributed by atoms with Crippen LogP contribution in [0, 0.1) is 17.8 Å². The van der Waals surface area contributed by atoms with Crippen LogP contribution in [0.4, 0.5) is 0 Å². The number of nitrogens with one attached hydrogen (secondary N) is 3. The molecule has 4 fully saturated rings. The van der Waals surface area contributed by atoms with E-state index in [1.54, 1.807) is 7.05 Å². The first-order chi connectivity index (χ1) is 13.4. The monoisotopic (exact) mass is 384 g/mol. The van der Waals surface area contributed by atoms with E-state index < -0.39 is 0 Å². The van der Waals surface area contributed by atoms with E-state index in [1.165, 1.54) is 43.4 Å². The first-order valence-electron chi connectivity index (χ1n) is 10.8. The number of amides is 2. The Kier molecular flexibility index (Phi) is 5.21. The third-order valence-electron chi connectivity index (χ3n) is 7.49. The fourth-order valence-electron chi connectivity index (χ4n) is 6.25. The van der Waals surface area contributed by atoms with Crippen molar-refractivity contribution in [2.75, 3.05) is 14.1 Å². The van der Waals surface area contributed by atoms with Gasteiger partial charge in [-0.15, -0.1) is 0 Å². The van der Waals surface area contributed by atoms with E-state index in [-0.39, 0.29) is 23.4 Å². The molecule has 0 aromatic heterocycles. The van der Waals surface area contributed by atoms with Gasteiger partial charge in [0, 0.05) is 23.7 Å². The minimum atomic E-state index is -0.0911. The van der Waals surface area contributed by atoms with Gasteiger partial charge in [-0.1, -0.05) is 12.1 Å².